The van der Waals surface area contributed by atoms with Crippen LogP contribution in [0.15, 0.2) is 52.7 Å². The first-order valence-electron chi connectivity index (χ1n) is 9.71. The van der Waals surface area contributed by atoms with Crippen molar-refractivity contribution in [1.82, 2.24) is 5.48 Å². The van der Waals surface area contributed by atoms with E-state index in [9.17, 15) is 14.4 Å². The molecule has 0 aromatic heterocycles. The molecule has 3 rings (SSSR count). The highest BCUT2D eigenvalue weighted by molar-refractivity contribution is 6.00. The van der Waals surface area contributed by atoms with Crippen molar-refractivity contribution in [3.05, 3.63) is 81.3 Å². The number of carbonyl (C=O) groups is 1. The largest absolute Gasteiger partial charge is 0.289 e. The van der Waals surface area contributed by atoms with Gasteiger partial charge in [-0.25, -0.2) is 9.87 Å². The normalized spacial score (nSPS) is 19.6. The Kier molecular flexibility index (Phi) is 5.71. The minimum absolute atomic E-state index is 0.274. The van der Waals surface area contributed by atoms with E-state index in [1.165, 1.54) is 12.1 Å². The summed E-state index contributed by atoms with van der Waals surface area (Å²) in [6.45, 7) is 9.73. The van der Waals surface area contributed by atoms with Crippen LogP contribution in [0.1, 0.15) is 54.5 Å². The van der Waals surface area contributed by atoms with Gasteiger partial charge in [-0.1, -0.05) is 23.8 Å². The maximum absolute atomic E-state index is 13.4. The van der Waals surface area contributed by atoms with Gasteiger partial charge in [0.2, 0.25) is 0 Å². The molecule has 29 heavy (non-hydrogen) atoms. The third-order valence-electron chi connectivity index (χ3n) is 6.07. The molecule has 1 aliphatic rings. The molecule has 4 nitrogen and oxygen atoms in total. The van der Waals surface area contributed by atoms with E-state index < -0.39 is 11.3 Å². The van der Waals surface area contributed by atoms with Crippen LogP contribution in [0.2, 0.25) is 0 Å². The van der Waals surface area contributed by atoms with Crippen molar-refractivity contribution in [2.75, 3.05) is 0 Å². The van der Waals surface area contributed by atoms with Gasteiger partial charge >= 0.3 is 0 Å². The van der Waals surface area contributed by atoms with Crippen LogP contribution in [0, 0.1) is 26.6 Å². The van der Waals surface area contributed by atoms with Gasteiger partial charge in [-0.05, 0) is 87.1 Å². The maximum Gasteiger partial charge on any atom is 0.254 e. The molecule has 0 heterocycles. The fourth-order valence-corrected chi connectivity index (χ4v) is 4.33. The van der Waals surface area contributed by atoms with Crippen molar-refractivity contribution in [2.24, 2.45) is 4.99 Å². The first-order valence-corrected chi connectivity index (χ1v) is 9.71. The van der Waals surface area contributed by atoms with Gasteiger partial charge in [0.05, 0.1) is 5.41 Å². The maximum atomic E-state index is 13.4. The fourth-order valence-electron chi connectivity index (χ4n) is 4.33. The second kappa shape index (κ2) is 7.91. The Bertz CT molecular complexity index is 1040. The summed E-state index contributed by atoms with van der Waals surface area (Å²) in [5, 5.41) is 9.49. The predicted molar refractivity (Wildman–Crippen MR) is 113 cm³/mol. The Morgan fingerprint density at radius 2 is 1.83 bits per heavy atom. The van der Waals surface area contributed by atoms with Gasteiger partial charge in [0.15, 0.2) is 0 Å². The van der Waals surface area contributed by atoms with Crippen LogP contribution < -0.4 is 5.48 Å². The van der Waals surface area contributed by atoms with Crippen LogP contribution in [0.5, 0.6) is 0 Å². The topological polar surface area (TPSA) is 61.7 Å². The van der Waals surface area contributed by atoms with Crippen LogP contribution >= 0.6 is 0 Å². The van der Waals surface area contributed by atoms with Crippen LogP contribution in [0.25, 0.3) is 0 Å². The molecule has 1 unspecified atom stereocenters. The van der Waals surface area contributed by atoms with E-state index in [1.807, 2.05) is 58.3 Å². The number of hydrogen-bond donors (Lipinski definition) is 2. The summed E-state index contributed by atoms with van der Waals surface area (Å²) in [5.74, 6) is -0.699. The number of amides is 1. The molecule has 2 aromatic carbocycles. The second-order valence-electron chi connectivity index (χ2n) is 8.01. The zero-order valence-corrected chi connectivity index (χ0v) is 17.6. The smallest absolute Gasteiger partial charge is 0.254 e. The van der Waals surface area contributed by atoms with E-state index in [1.54, 1.807) is 6.07 Å². The molecular weight excluding hydrogens is 367 g/mol. The number of aliphatic imine (C=N–C) groups is 1. The summed E-state index contributed by atoms with van der Waals surface area (Å²) < 4.78 is 13.4. The number of nitrogens with one attached hydrogen (secondary N) is 1. The van der Waals surface area contributed by atoms with Crippen molar-refractivity contribution in [3.8, 4) is 0 Å². The van der Waals surface area contributed by atoms with Crippen molar-refractivity contribution in [1.29, 1.82) is 0 Å². The van der Waals surface area contributed by atoms with Gasteiger partial charge in [0.25, 0.3) is 5.91 Å². The summed E-state index contributed by atoms with van der Waals surface area (Å²) in [7, 11) is 0. The van der Waals surface area contributed by atoms with Crippen molar-refractivity contribution in [3.63, 3.8) is 0 Å². The Hall–Kier alpha value is -2.79. The van der Waals surface area contributed by atoms with E-state index in [2.05, 4.69) is 0 Å². The highest BCUT2D eigenvalue weighted by Crippen LogP contribution is 2.46. The molecule has 2 aromatic rings. The molecule has 0 aliphatic heterocycles. The van der Waals surface area contributed by atoms with E-state index >= 15 is 0 Å². The minimum Gasteiger partial charge on any atom is -0.289 e. The van der Waals surface area contributed by atoms with Crippen LogP contribution in [0.4, 0.5) is 4.39 Å². The van der Waals surface area contributed by atoms with E-state index in [0.29, 0.717) is 12.8 Å². The molecule has 5 heteroatoms. The lowest BCUT2D eigenvalue weighted by atomic mass is 9.74. The third-order valence-corrected chi connectivity index (χ3v) is 6.07. The SMILES string of the molecule is CC(=NC1=C(C)CC(C(=O)NO)(c2cccc(C)c2C)C1)c1ccc(F)cc1C. The Balaban J connectivity index is 2.04. The first kappa shape index (κ1) is 20.9. The molecule has 2 N–H and O–H groups in total. The molecule has 0 bridgehead atoms. The van der Waals surface area contributed by atoms with Crippen LogP contribution in [-0.2, 0) is 10.2 Å². The van der Waals surface area contributed by atoms with Crippen molar-refractivity contribution >= 4 is 11.6 Å². The fraction of sp³-hybridized carbons (Fsp3) is 0.333. The van der Waals surface area contributed by atoms with Crippen LogP contribution in [0.3, 0.4) is 0 Å². The Morgan fingerprint density at radius 3 is 2.48 bits per heavy atom. The number of benzene rings is 2. The van der Waals surface area contributed by atoms with Gasteiger partial charge < -0.3 is 0 Å². The monoisotopic (exact) mass is 394 g/mol. The summed E-state index contributed by atoms with van der Waals surface area (Å²) in [6, 6.07) is 10.6. The number of hydroxylamine groups is 1. The molecule has 0 saturated heterocycles. The van der Waals surface area contributed by atoms with E-state index in [4.69, 9.17) is 4.99 Å². The number of allylic oxidation sites excluding steroid dienone is 2. The third kappa shape index (κ3) is 3.75. The standard InChI is InChI=1S/C24H27FN2O2/c1-14-7-6-8-21(17(14)4)24(23(28)27-29)12-16(3)22(13-24)26-18(5)20-10-9-19(25)11-15(20)2/h6-11,29H,12-13H2,1-5H3,(H,27,28). The van der Waals surface area contributed by atoms with Crippen molar-refractivity contribution < 1.29 is 14.4 Å². The van der Waals surface area contributed by atoms with E-state index in [0.717, 1.165) is 44.8 Å². The number of rotatable bonds is 4. The van der Waals surface area contributed by atoms with Gasteiger partial charge in [0.1, 0.15) is 5.82 Å². The summed E-state index contributed by atoms with van der Waals surface area (Å²) in [5.41, 5.74) is 8.33. The molecule has 0 saturated carbocycles. The molecule has 0 radical (unpaired) electrons. The van der Waals surface area contributed by atoms with Crippen molar-refractivity contribution in [2.45, 2.75) is 52.9 Å². The number of hydrogen-bond acceptors (Lipinski definition) is 3. The first-order chi connectivity index (χ1) is 13.7. The number of halogens is 1. The summed E-state index contributed by atoms with van der Waals surface area (Å²) in [6.07, 6.45) is 0.880. The van der Waals surface area contributed by atoms with Gasteiger partial charge in [0, 0.05) is 17.8 Å². The van der Waals surface area contributed by atoms with E-state index in [-0.39, 0.29) is 5.82 Å². The lowest BCUT2D eigenvalue weighted by Gasteiger charge is -2.30. The van der Waals surface area contributed by atoms with Gasteiger partial charge in [-0.3, -0.25) is 15.0 Å². The number of carbonyl (C=O) groups excluding carboxylic acids is 1. The van der Waals surface area contributed by atoms with Crippen LogP contribution in [-0.4, -0.2) is 16.8 Å². The molecule has 0 fully saturated rings. The number of nitrogens with zero attached hydrogens (tertiary/aromatic N) is 1. The number of aryl methyl sites for hydroxylation is 2. The highest BCUT2D eigenvalue weighted by atomic mass is 19.1. The average molecular weight is 394 g/mol. The minimum atomic E-state index is -0.897. The highest BCUT2D eigenvalue weighted by Gasteiger charge is 2.46. The lowest BCUT2D eigenvalue weighted by Crippen LogP contribution is -2.42. The average Bonchev–Trinajstić information content (AvgIpc) is 3.00. The summed E-state index contributed by atoms with van der Waals surface area (Å²) >= 11 is 0. The van der Waals surface area contributed by atoms with Gasteiger partial charge in [-0.15, -0.1) is 0 Å². The molecular formula is C24H27FN2O2. The Labute approximate surface area is 171 Å². The Morgan fingerprint density at radius 1 is 1.10 bits per heavy atom. The zero-order valence-electron chi connectivity index (χ0n) is 17.6. The molecule has 1 amide bonds. The summed E-state index contributed by atoms with van der Waals surface area (Å²) in [4.78, 5) is 17.7. The zero-order chi connectivity index (χ0) is 21.3. The second-order valence-corrected chi connectivity index (χ2v) is 8.01. The molecule has 1 atom stereocenters. The molecule has 152 valence electrons. The lowest BCUT2D eigenvalue weighted by molar-refractivity contribution is -0.135. The molecule has 1 aliphatic carbocycles. The predicted octanol–water partition coefficient (Wildman–Crippen LogP) is 5.07. The van der Waals surface area contributed by atoms with Gasteiger partial charge in [-0.2, -0.15) is 0 Å². The quantitative estimate of drug-likeness (QED) is 0.432. The molecule has 0 spiro atoms.